The van der Waals surface area contributed by atoms with E-state index in [1.54, 1.807) is 19.4 Å². The number of fused-ring (bicyclic) bond motifs is 4. The Labute approximate surface area is 254 Å². The standard InChI is InChI=1S/C35H34FN5O3/c1-39-18-7-10-24(39)14-17-38-30-28(36)20-26-32-34(30)44-29-13-12-22-8-3-4-11-25(22)31(29)41(32)21-27(33(26)42)35(43)40(2)19-15-23-9-5-6-16-37-23/h3-6,8-9,11-13,16,20-21,24,38H,7,10,14-15,17-19H2,1-2H3. The molecule has 3 aromatic carbocycles. The van der Waals surface area contributed by atoms with E-state index in [1.165, 1.54) is 11.0 Å². The maximum absolute atomic E-state index is 15.9. The zero-order valence-electron chi connectivity index (χ0n) is 24.8. The molecule has 1 atom stereocenters. The Morgan fingerprint density at radius 1 is 1.14 bits per heavy atom. The summed E-state index contributed by atoms with van der Waals surface area (Å²) >= 11 is 0. The molecule has 0 aliphatic carbocycles. The number of likely N-dealkylation sites (tertiary alicyclic amines) is 1. The van der Waals surface area contributed by atoms with E-state index in [9.17, 15) is 9.59 Å². The third-order valence-corrected chi connectivity index (χ3v) is 8.97. The van der Waals surface area contributed by atoms with Gasteiger partial charge in [-0.05, 0) is 62.5 Å². The second kappa shape index (κ2) is 11.4. The predicted octanol–water partition coefficient (Wildman–Crippen LogP) is 5.99. The van der Waals surface area contributed by atoms with Crippen molar-refractivity contribution in [3.63, 3.8) is 0 Å². The molecule has 1 saturated heterocycles. The highest BCUT2D eigenvalue weighted by molar-refractivity contribution is 6.03. The van der Waals surface area contributed by atoms with Crippen LogP contribution in [0, 0.1) is 5.82 Å². The molecule has 9 heteroatoms. The van der Waals surface area contributed by atoms with Gasteiger partial charge in [-0.25, -0.2) is 4.39 Å². The fraction of sp³-hybridized carbons (Fsp3) is 0.286. The van der Waals surface area contributed by atoms with Gasteiger partial charge in [-0.1, -0.05) is 36.4 Å². The zero-order chi connectivity index (χ0) is 30.4. The summed E-state index contributed by atoms with van der Waals surface area (Å²) in [7, 11) is 3.79. The summed E-state index contributed by atoms with van der Waals surface area (Å²) in [6, 6.07) is 19.0. The minimum absolute atomic E-state index is 0.0304. The molecule has 8 nitrogen and oxygen atoms in total. The lowest BCUT2D eigenvalue weighted by atomic mass is 10.0. The molecule has 1 fully saturated rings. The van der Waals surface area contributed by atoms with Crippen LogP contribution in [0.3, 0.4) is 0 Å². The zero-order valence-corrected chi connectivity index (χ0v) is 24.8. The number of carbonyl (C=O) groups is 1. The van der Waals surface area contributed by atoms with Gasteiger partial charge in [-0.2, -0.15) is 0 Å². The molecule has 2 aliphatic rings. The first-order valence-corrected chi connectivity index (χ1v) is 15.1. The summed E-state index contributed by atoms with van der Waals surface area (Å²) in [6.07, 6.45) is 6.99. The van der Waals surface area contributed by atoms with Crippen LogP contribution in [0.2, 0.25) is 0 Å². The van der Waals surface area contributed by atoms with E-state index >= 15 is 4.39 Å². The van der Waals surface area contributed by atoms with Gasteiger partial charge in [0, 0.05) is 56.1 Å². The summed E-state index contributed by atoms with van der Waals surface area (Å²) in [6.45, 7) is 1.99. The average Bonchev–Trinajstić information content (AvgIpc) is 3.46. The molecule has 2 aromatic heterocycles. The number of rotatable bonds is 8. The van der Waals surface area contributed by atoms with Crippen LogP contribution in [0.15, 0.2) is 77.9 Å². The number of pyridine rings is 2. The Balaban J connectivity index is 1.34. The van der Waals surface area contributed by atoms with E-state index in [0.29, 0.717) is 42.5 Å². The second-order valence-corrected chi connectivity index (χ2v) is 11.7. The smallest absolute Gasteiger partial charge is 0.259 e. The van der Waals surface area contributed by atoms with E-state index in [2.05, 4.69) is 22.2 Å². The molecule has 1 N–H and O–H groups in total. The lowest BCUT2D eigenvalue weighted by Crippen LogP contribution is -2.33. The second-order valence-electron chi connectivity index (χ2n) is 11.7. The molecular formula is C35H34FN5O3. The molecule has 0 bridgehead atoms. The number of halogens is 1. The predicted molar refractivity (Wildman–Crippen MR) is 171 cm³/mol. The minimum atomic E-state index is -0.590. The van der Waals surface area contributed by atoms with E-state index in [1.807, 2.05) is 59.2 Å². The number of ether oxygens (including phenoxy) is 1. The number of aromatic nitrogens is 2. The Kier molecular flexibility index (Phi) is 7.26. The van der Waals surface area contributed by atoms with Crippen molar-refractivity contribution in [2.45, 2.75) is 31.7 Å². The molecule has 0 saturated carbocycles. The Bertz CT molecular complexity index is 1960. The van der Waals surface area contributed by atoms with Crippen molar-refractivity contribution < 1.29 is 13.9 Å². The topological polar surface area (TPSA) is 79.7 Å². The van der Waals surface area contributed by atoms with Crippen molar-refractivity contribution in [2.75, 3.05) is 39.0 Å². The third kappa shape index (κ3) is 4.87. The van der Waals surface area contributed by atoms with Gasteiger partial charge in [0.25, 0.3) is 5.91 Å². The molecule has 0 radical (unpaired) electrons. The summed E-state index contributed by atoms with van der Waals surface area (Å²) < 4.78 is 24.2. The molecule has 0 spiro atoms. The van der Waals surface area contributed by atoms with Crippen LogP contribution < -0.4 is 15.5 Å². The van der Waals surface area contributed by atoms with Crippen LogP contribution in [-0.2, 0) is 6.42 Å². The molecule has 4 heterocycles. The summed E-state index contributed by atoms with van der Waals surface area (Å²) in [5.41, 5.74) is 1.65. The van der Waals surface area contributed by atoms with Gasteiger partial charge < -0.3 is 24.4 Å². The lowest BCUT2D eigenvalue weighted by Gasteiger charge is -2.28. The van der Waals surface area contributed by atoms with Crippen LogP contribution in [0.5, 0.6) is 11.5 Å². The van der Waals surface area contributed by atoms with Gasteiger partial charge in [-0.3, -0.25) is 14.6 Å². The van der Waals surface area contributed by atoms with Gasteiger partial charge in [0.05, 0.1) is 11.1 Å². The fourth-order valence-corrected chi connectivity index (χ4v) is 6.54. The van der Waals surface area contributed by atoms with Crippen LogP contribution in [0.1, 0.15) is 35.3 Å². The molecule has 2 aliphatic heterocycles. The van der Waals surface area contributed by atoms with Crippen LogP contribution in [0.25, 0.3) is 27.4 Å². The molecular weight excluding hydrogens is 557 g/mol. The maximum Gasteiger partial charge on any atom is 0.259 e. The summed E-state index contributed by atoms with van der Waals surface area (Å²) in [5, 5.41) is 5.26. The molecule has 44 heavy (non-hydrogen) atoms. The number of benzene rings is 3. The number of carbonyl (C=O) groups excluding carboxylic acids is 1. The SMILES string of the molecule is CN(CCc1ccccn1)C(=O)c1cn2c3c(c(NCCC4CCCN4C)c(F)cc3c1=O)Oc1ccc3ccccc3c1-2. The molecule has 7 rings (SSSR count). The van der Waals surface area contributed by atoms with Gasteiger partial charge in [-0.15, -0.1) is 0 Å². The molecule has 1 unspecified atom stereocenters. The quantitative estimate of drug-likeness (QED) is 0.234. The normalized spacial score (nSPS) is 15.8. The number of nitrogens with one attached hydrogen (secondary N) is 1. The molecule has 1 amide bonds. The van der Waals surface area contributed by atoms with E-state index in [0.717, 1.165) is 42.3 Å². The van der Waals surface area contributed by atoms with E-state index in [-0.39, 0.29) is 22.4 Å². The Hall–Kier alpha value is -4.76. The number of hydrogen-bond donors (Lipinski definition) is 1. The first kappa shape index (κ1) is 28.0. The maximum atomic E-state index is 15.9. The van der Waals surface area contributed by atoms with Crippen molar-refractivity contribution in [1.82, 2.24) is 19.4 Å². The van der Waals surface area contributed by atoms with E-state index in [4.69, 9.17) is 4.74 Å². The first-order chi connectivity index (χ1) is 21.4. The highest BCUT2D eigenvalue weighted by Gasteiger charge is 2.30. The summed E-state index contributed by atoms with van der Waals surface area (Å²) in [5.74, 6) is -0.252. The Morgan fingerprint density at radius 3 is 2.77 bits per heavy atom. The number of likely N-dealkylation sites (N-methyl/N-ethyl adjacent to an activating group) is 1. The largest absolute Gasteiger partial charge is 0.451 e. The number of hydrogen-bond acceptors (Lipinski definition) is 6. The van der Waals surface area contributed by atoms with Crippen LogP contribution in [0.4, 0.5) is 10.1 Å². The number of nitrogens with zero attached hydrogens (tertiary/aromatic N) is 4. The van der Waals surface area contributed by atoms with Crippen molar-refractivity contribution in [3.8, 4) is 17.2 Å². The molecule has 5 aromatic rings. The van der Waals surface area contributed by atoms with Gasteiger partial charge in [0.15, 0.2) is 17.3 Å². The van der Waals surface area contributed by atoms with Crippen molar-refractivity contribution >= 4 is 33.3 Å². The first-order valence-electron chi connectivity index (χ1n) is 15.1. The monoisotopic (exact) mass is 591 g/mol. The van der Waals surface area contributed by atoms with Crippen molar-refractivity contribution in [3.05, 3.63) is 100 Å². The van der Waals surface area contributed by atoms with E-state index < -0.39 is 17.2 Å². The van der Waals surface area contributed by atoms with Gasteiger partial charge >= 0.3 is 0 Å². The van der Waals surface area contributed by atoms with Crippen molar-refractivity contribution in [2.24, 2.45) is 0 Å². The van der Waals surface area contributed by atoms with Crippen LogP contribution >= 0.6 is 0 Å². The number of amides is 1. The lowest BCUT2D eigenvalue weighted by molar-refractivity contribution is 0.0794. The number of anilines is 1. The summed E-state index contributed by atoms with van der Waals surface area (Å²) in [4.78, 5) is 35.9. The average molecular weight is 592 g/mol. The fourth-order valence-electron chi connectivity index (χ4n) is 6.54. The Morgan fingerprint density at radius 2 is 1.98 bits per heavy atom. The van der Waals surface area contributed by atoms with Gasteiger partial charge in [0.2, 0.25) is 5.43 Å². The van der Waals surface area contributed by atoms with Crippen LogP contribution in [-0.4, -0.2) is 65.0 Å². The van der Waals surface area contributed by atoms with Gasteiger partial charge in [0.1, 0.15) is 16.8 Å². The minimum Gasteiger partial charge on any atom is -0.451 e. The highest BCUT2D eigenvalue weighted by Crippen LogP contribution is 2.47. The third-order valence-electron chi connectivity index (χ3n) is 8.97. The van der Waals surface area contributed by atoms with Crippen molar-refractivity contribution in [1.29, 1.82) is 0 Å². The highest BCUT2D eigenvalue weighted by atomic mass is 19.1. The molecule has 224 valence electrons.